The van der Waals surface area contributed by atoms with Crippen molar-refractivity contribution in [2.24, 2.45) is 0 Å². The molecule has 9 aromatic heterocycles. The SMILES string of the molecule is CCCCCCCC[Si]1(CCCCCCCC)c2cc(C)ccc2-c2ccc(-c3cc(CCOCCOCCCC)c(-c4ccc(-c5ccc(-c6sc(-c7ccc(-c8cc(CCOCCOCCCC)c(-c9ccc(-c%10ccc(-c%11sc(C)cc%11CCOCCOCCCC)s%10)s9)s8)c8nsnc78)cc6CCOCCOCCCC)s5)s4)s3)cc21. The fourth-order valence-electron chi connectivity index (χ4n) is 16.3. The van der Waals surface area contributed by atoms with Crippen molar-refractivity contribution in [3.8, 4) is 101 Å². The second kappa shape index (κ2) is 49.2. The van der Waals surface area contributed by atoms with Crippen LogP contribution in [0.5, 0.6) is 0 Å². The Labute approximate surface area is 754 Å². The van der Waals surface area contributed by atoms with Gasteiger partial charge >= 0.3 is 0 Å². The molecule has 3 aromatic carbocycles. The van der Waals surface area contributed by atoms with Gasteiger partial charge in [0.2, 0.25) is 0 Å². The predicted molar refractivity (Wildman–Crippen MR) is 527 cm³/mol. The summed E-state index contributed by atoms with van der Waals surface area (Å²) in [5.74, 6) is 0. The highest BCUT2D eigenvalue weighted by atomic mass is 32.1. The molecule has 13 rings (SSSR count). The highest BCUT2D eigenvalue weighted by Gasteiger charge is 2.45. The number of unbranched alkanes of at least 4 members (excludes halogenated alkanes) is 14. The molecule has 120 heavy (non-hydrogen) atoms. The van der Waals surface area contributed by atoms with Crippen LogP contribution in [0.2, 0.25) is 12.1 Å². The number of aromatic nitrogens is 2. The zero-order valence-electron chi connectivity index (χ0n) is 72.6. The number of rotatable bonds is 59. The first kappa shape index (κ1) is 92.6. The van der Waals surface area contributed by atoms with E-state index < -0.39 is 8.07 Å². The standard InChI is InChI=1S/C100H128N2O8S9Si/c1-9-15-21-23-25-27-63-120(64-28-26-24-22-16-10-2)93-65-71(7)29-31-78(93)79-32-30-73(70-94(79)120)90-67-75(44-52-108-60-56-104-48-18-12-4)98(116-90)87-40-36-84(113-87)85-38-42-89(115-85)100-77(46-54-110-62-58-106-50-20-14-6)69-92(118-100)81-34-33-80(95-96(81)102-119-101-95)91-68-76(45-53-109-61-57-105-49-19-13-5)99(117-91)88-41-37-83(114-88)82-35-39-86(112-82)97-74(66-72(8)111-97)43-51-107-59-55-103-47-17-11-3/h29-42,65-70H,9-28,43-64H2,1-8H3. The maximum absolute atomic E-state index is 6.39. The van der Waals surface area contributed by atoms with Gasteiger partial charge in [-0.05, 0) is 199 Å². The summed E-state index contributed by atoms with van der Waals surface area (Å²) < 4.78 is 59.0. The minimum absolute atomic E-state index is 0.574. The smallest absolute Gasteiger partial charge is 0.119 e. The Hall–Kier alpha value is -5.02. The molecule has 0 fully saturated rings. The van der Waals surface area contributed by atoms with Crippen molar-refractivity contribution >= 4 is 132 Å². The molecule has 0 amide bonds. The van der Waals surface area contributed by atoms with Crippen molar-refractivity contribution in [2.45, 2.75) is 222 Å². The summed E-state index contributed by atoms with van der Waals surface area (Å²) in [6.45, 7) is 28.6. The Morgan fingerprint density at radius 2 is 0.575 bits per heavy atom. The van der Waals surface area contributed by atoms with E-state index in [-0.39, 0.29) is 0 Å². The van der Waals surface area contributed by atoms with Gasteiger partial charge in [-0.25, -0.2) is 0 Å². The summed E-state index contributed by atoms with van der Waals surface area (Å²) in [7, 11) is -2.12. The summed E-state index contributed by atoms with van der Waals surface area (Å²) in [4.78, 5) is 20.6. The summed E-state index contributed by atoms with van der Waals surface area (Å²) in [5.41, 5.74) is 15.2. The lowest BCUT2D eigenvalue weighted by Gasteiger charge is -2.31. The first-order valence-electron chi connectivity index (χ1n) is 45.1. The van der Waals surface area contributed by atoms with Crippen LogP contribution < -0.4 is 10.4 Å². The molecule has 0 saturated heterocycles. The van der Waals surface area contributed by atoms with E-state index in [9.17, 15) is 0 Å². The molecule has 12 aromatic rings. The molecule has 20 heteroatoms. The average Bonchev–Trinajstić information content (AvgIpc) is 1.56. The van der Waals surface area contributed by atoms with Gasteiger partial charge in [0.15, 0.2) is 0 Å². The Bertz CT molecular complexity index is 5030. The molecule has 0 bridgehead atoms. The molecule has 10 heterocycles. The number of aryl methyl sites for hydroxylation is 2. The van der Waals surface area contributed by atoms with Crippen LogP contribution in [0.3, 0.4) is 0 Å². The number of fused-ring (bicyclic) bond motifs is 4. The van der Waals surface area contributed by atoms with E-state index in [1.165, 1.54) is 223 Å². The molecule has 0 saturated carbocycles. The zero-order valence-corrected chi connectivity index (χ0v) is 80.9. The van der Waals surface area contributed by atoms with Gasteiger partial charge in [-0.2, -0.15) is 8.75 Å². The summed E-state index contributed by atoms with van der Waals surface area (Å²) in [6, 6.07) is 50.9. The molecule has 0 N–H and O–H groups in total. The van der Waals surface area contributed by atoms with E-state index in [1.807, 2.05) is 90.7 Å². The molecule has 0 unspecified atom stereocenters. The van der Waals surface area contributed by atoms with E-state index in [4.69, 9.17) is 46.6 Å². The Kier molecular flexibility index (Phi) is 38.0. The van der Waals surface area contributed by atoms with Gasteiger partial charge in [0.1, 0.15) is 19.1 Å². The highest BCUT2D eigenvalue weighted by Crippen LogP contribution is 2.52. The van der Waals surface area contributed by atoms with Crippen molar-refractivity contribution in [1.29, 1.82) is 0 Å². The Balaban J connectivity index is 0.780. The lowest BCUT2D eigenvalue weighted by molar-refractivity contribution is 0.0479. The summed E-state index contributed by atoms with van der Waals surface area (Å²) in [5, 5.41) is 3.42. The Morgan fingerprint density at radius 3 is 0.975 bits per heavy atom. The van der Waals surface area contributed by atoms with Gasteiger partial charge in [0.25, 0.3) is 0 Å². The quantitative estimate of drug-likeness (QED) is 0.0271. The van der Waals surface area contributed by atoms with E-state index >= 15 is 0 Å². The van der Waals surface area contributed by atoms with E-state index in [0.29, 0.717) is 79.3 Å². The Morgan fingerprint density at radius 1 is 0.258 bits per heavy atom. The predicted octanol–water partition coefficient (Wildman–Crippen LogP) is 29.6. The number of thiophene rings is 8. The first-order chi connectivity index (χ1) is 59.1. The lowest BCUT2D eigenvalue weighted by Crippen LogP contribution is -2.55. The maximum Gasteiger partial charge on any atom is 0.119 e. The fourth-order valence-corrected chi connectivity index (χ4v) is 32.1. The molecular formula is C100H128N2O8S9Si. The first-order valence-corrected chi connectivity index (χ1v) is 54.8. The molecule has 1 aliphatic rings. The maximum atomic E-state index is 6.39. The molecule has 0 aliphatic carbocycles. The molecule has 0 spiro atoms. The van der Waals surface area contributed by atoms with E-state index in [0.717, 1.165) is 126 Å². The van der Waals surface area contributed by atoms with Gasteiger partial charge in [0, 0.05) is 116 Å². The summed E-state index contributed by atoms with van der Waals surface area (Å²) in [6.07, 6.45) is 28.1. The fraction of sp³-hybridized carbons (Fsp3) is 0.500. The number of benzene rings is 3. The van der Waals surface area contributed by atoms with Gasteiger partial charge in [0.05, 0.1) is 91.0 Å². The normalized spacial score (nSPS) is 12.6. The van der Waals surface area contributed by atoms with Crippen LogP contribution in [0.4, 0.5) is 0 Å². The monoisotopic (exact) mass is 1800 g/mol. The minimum Gasteiger partial charge on any atom is -0.379 e. The van der Waals surface area contributed by atoms with Gasteiger partial charge in [-0.1, -0.05) is 198 Å². The third kappa shape index (κ3) is 25.0. The molecule has 1 aliphatic heterocycles. The van der Waals surface area contributed by atoms with E-state index in [1.54, 1.807) is 10.4 Å². The average molecular weight is 1800 g/mol. The highest BCUT2D eigenvalue weighted by molar-refractivity contribution is 7.30. The molecule has 0 atom stereocenters. The van der Waals surface area contributed by atoms with Crippen molar-refractivity contribution in [1.82, 2.24) is 8.75 Å². The number of hydrogen-bond acceptors (Lipinski definition) is 19. The van der Waals surface area contributed by atoms with Crippen molar-refractivity contribution < 1.29 is 37.9 Å². The van der Waals surface area contributed by atoms with Crippen LogP contribution in [0.15, 0.2) is 121 Å². The van der Waals surface area contributed by atoms with Gasteiger partial charge in [-0.15, -0.1) is 90.7 Å². The van der Waals surface area contributed by atoms with Crippen LogP contribution in [-0.4, -0.2) is 123 Å². The topological polar surface area (TPSA) is 99.6 Å². The third-order valence-corrected chi connectivity index (χ3v) is 39.0. The largest absolute Gasteiger partial charge is 0.379 e. The summed E-state index contributed by atoms with van der Waals surface area (Å²) >= 11 is 16.5. The second-order valence-corrected chi connectivity index (χ2v) is 45.6. The van der Waals surface area contributed by atoms with Gasteiger partial charge in [-0.3, -0.25) is 0 Å². The third-order valence-electron chi connectivity index (χ3n) is 22.9. The van der Waals surface area contributed by atoms with Crippen LogP contribution in [0.1, 0.15) is 203 Å². The second-order valence-electron chi connectivity index (χ2n) is 32.1. The van der Waals surface area contributed by atoms with Crippen molar-refractivity contribution in [3.63, 3.8) is 0 Å². The van der Waals surface area contributed by atoms with Crippen LogP contribution in [0.25, 0.3) is 112 Å². The van der Waals surface area contributed by atoms with Crippen LogP contribution in [-0.2, 0) is 63.6 Å². The van der Waals surface area contributed by atoms with Crippen LogP contribution >= 0.6 is 102 Å². The lowest BCUT2D eigenvalue weighted by atomic mass is 10.0. The molecular weight excluding hydrogens is 1670 g/mol. The zero-order chi connectivity index (χ0) is 83.1. The van der Waals surface area contributed by atoms with Crippen molar-refractivity contribution in [2.75, 3.05) is 106 Å². The number of ether oxygens (including phenoxy) is 8. The van der Waals surface area contributed by atoms with Crippen LogP contribution in [0, 0.1) is 13.8 Å². The molecule has 644 valence electrons. The van der Waals surface area contributed by atoms with Crippen molar-refractivity contribution in [3.05, 3.63) is 154 Å². The molecule has 0 radical (unpaired) electrons. The minimum atomic E-state index is -2.12. The number of hydrogen-bond donors (Lipinski definition) is 0. The molecule has 10 nitrogen and oxygen atoms in total. The number of nitrogens with zero attached hydrogens (tertiary/aromatic N) is 2. The van der Waals surface area contributed by atoms with Gasteiger partial charge < -0.3 is 37.9 Å². The van der Waals surface area contributed by atoms with E-state index in [2.05, 4.69) is 177 Å².